The molecule has 1 aromatic rings. The van der Waals surface area contributed by atoms with E-state index in [4.69, 9.17) is 11.6 Å². The fourth-order valence-corrected chi connectivity index (χ4v) is 0.572. The van der Waals surface area contributed by atoms with Gasteiger partial charge in [0.25, 0.3) is 0 Å². The summed E-state index contributed by atoms with van der Waals surface area (Å²) in [6.45, 7) is 0.544. The predicted octanol–water partition coefficient (Wildman–Crippen LogP) is -1.04. The molecule has 0 unspecified atom stereocenters. The van der Waals surface area contributed by atoms with Gasteiger partial charge >= 0.3 is 0 Å². The highest BCUT2D eigenvalue weighted by molar-refractivity contribution is 5.36. The Morgan fingerprint density at radius 2 is 2.56 bits per heavy atom. The third-order valence-corrected chi connectivity index (χ3v) is 1.04. The Labute approximate surface area is 52.4 Å². The second-order valence-corrected chi connectivity index (χ2v) is 1.69. The number of H-pyrrole nitrogens is 1. The Morgan fingerprint density at radius 3 is 3.00 bits per heavy atom. The second kappa shape index (κ2) is 2.47. The Hall–Kier alpha value is -1.07. The normalized spacial score (nSPS) is 9.89. The molecule has 1 rings (SSSR count). The minimum Gasteiger partial charge on any atom is -0.384 e. The molecule has 1 aromatic heterocycles. The lowest BCUT2D eigenvalue weighted by atomic mass is 10.3. The first-order valence-electron chi connectivity index (χ1n) is 2.55. The lowest BCUT2D eigenvalue weighted by Crippen LogP contribution is -2.21. The molecule has 0 saturated carbocycles. The number of nitrogen functional groups attached to an aromatic ring is 1. The molecule has 0 amide bonds. The van der Waals surface area contributed by atoms with Crippen LogP contribution in [0.25, 0.3) is 0 Å². The molecule has 0 aliphatic heterocycles. The van der Waals surface area contributed by atoms with E-state index in [2.05, 4.69) is 15.6 Å². The van der Waals surface area contributed by atoms with Gasteiger partial charge in [-0.25, -0.2) is 0 Å². The number of nitrogens with one attached hydrogen (secondary N) is 2. The van der Waals surface area contributed by atoms with Crippen molar-refractivity contribution in [3.63, 3.8) is 0 Å². The quantitative estimate of drug-likeness (QED) is 0.301. The van der Waals surface area contributed by atoms with Crippen molar-refractivity contribution in [2.24, 2.45) is 5.84 Å². The molecule has 0 atom stereocenters. The number of anilines is 1. The van der Waals surface area contributed by atoms with Crippen LogP contribution >= 0.6 is 0 Å². The maximum Gasteiger partial charge on any atom is 0.123 e. The van der Waals surface area contributed by atoms with Crippen LogP contribution in [0, 0.1) is 0 Å². The van der Waals surface area contributed by atoms with Crippen LogP contribution in [0.3, 0.4) is 0 Å². The number of hydrogen-bond donors (Lipinski definition) is 4. The van der Waals surface area contributed by atoms with E-state index >= 15 is 0 Å². The van der Waals surface area contributed by atoms with Gasteiger partial charge in [-0.15, -0.1) is 0 Å². The summed E-state index contributed by atoms with van der Waals surface area (Å²) in [5.74, 6) is 5.60. The molecule has 5 nitrogen and oxygen atoms in total. The predicted molar refractivity (Wildman–Crippen MR) is 34.0 cm³/mol. The maximum absolute atomic E-state index is 5.41. The molecular weight excluding hydrogens is 118 g/mol. The SMILES string of the molecule is NNCc1cn[nH]c1N. The molecule has 0 radical (unpaired) electrons. The summed E-state index contributed by atoms with van der Waals surface area (Å²) in [5, 5.41) is 6.28. The number of nitrogens with zero attached hydrogens (tertiary/aromatic N) is 1. The molecule has 0 spiro atoms. The first-order chi connectivity index (χ1) is 4.34. The Kier molecular flexibility index (Phi) is 1.66. The van der Waals surface area contributed by atoms with Crippen molar-refractivity contribution in [3.05, 3.63) is 11.8 Å². The summed E-state index contributed by atoms with van der Waals surface area (Å²) in [6, 6.07) is 0. The van der Waals surface area contributed by atoms with Crippen molar-refractivity contribution in [2.75, 3.05) is 5.73 Å². The van der Waals surface area contributed by atoms with Crippen LogP contribution in [0.4, 0.5) is 5.82 Å². The third-order valence-electron chi connectivity index (χ3n) is 1.04. The zero-order chi connectivity index (χ0) is 6.69. The highest BCUT2D eigenvalue weighted by Crippen LogP contribution is 2.03. The standard InChI is InChI=1S/C4H9N5/c5-4-3(1-7-6)2-8-9-4/h2,7H,1,6H2,(H3,5,8,9). The lowest BCUT2D eigenvalue weighted by Gasteiger charge is -1.93. The molecule has 9 heavy (non-hydrogen) atoms. The maximum atomic E-state index is 5.41. The average molecular weight is 127 g/mol. The van der Waals surface area contributed by atoms with Crippen LogP contribution < -0.4 is 17.0 Å². The van der Waals surface area contributed by atoms with Crippen LogP contribution in [0.5, 0.6) is 0 Å². The smallest absolute Gasteiger partial charge is 0.123 e. The zero-order valence-electron chi connectivity index (χ0n) is 4.89. The topological polar surface area (TPSA) is 92.7 Å². The Morgan fingerprint density at radius 1 is 1.78 bits per heavy atom. The first-order valence-corrected chi connectivity index (χ1v) is 2.55. The van der Waals surface area contributed by atoms with Crippen LogP contribution in [-0.2, 0) is 6.54 Å². The molecule has 0 aromatic carbocycles. The molecular formula is C4H9N5. The average Bonchev–Trinajstić information content (AvgIpc) is 2.18. The number of nitrogens with two attached hydrogens (primary N) is 2. The monoisotopic (exact) mass is 127 g/mol. The van der Waals surface area contributed by atoms with E-state index < -0.39 is 0 Å². The van der Waals surface area contributed by atoms with Gasteiger partial charge in [-0.2, -0.15) is 5.10 Å². The van der Waals surface area contributed by atoms with Crippen molar-refractivity contribution < 1.29 is 0 Å². The van der Waals surface area contributed by atoms with E-state index in [0.29, 0.717) is 12.4 Å². The van der Waals surface area contributed by atoms with Crippen LogP contribution in [0.2, 0.25) is 0 Å². The van der Waals surface area contributed by atoms with E-state index in [-0.39, 0.29) is 0 Å². The number of rotatable bonds is 2. The van der Waals surface area contributed by atoms with Gasteiger partial charge in [-0.1, -0.05) is 0 Å². The summed E-state index contributed by atoms with van der Waals surface area (Å²) in [5.41, 5.74) is 8.77. The Bertz CT molecular complexity index is 181. The minimum absolute atomic E-state index is 0.544. The highest BCUT2D eigenvalue weighted by atomic mass is 15.2. The largest absolute Gasteiger partial charge is 0.384 e. The van der Waals surface area contributed by atoms with E-state index in [0.717, 1.165) is 5.56 Å². The van der Waals surface area contributed by atoms with Gasteiger partial charge in [0.15, 0.2) is 0 Å². The molecule has 5 heteroatoms. The number of hydrazine groups is 1. The second-order valence-electron chi connectivity index (χ2n) is 1.69. The van der Waals surface area contributed by atoms with E-state index in [1.54, 1.807) is 6.20 Å². The van der Waals surface area contributed by atoms with Crippen LogP contribution in [0.15, 0.2) is 6.20 Å². The van der Waals surface area contributed by atoms with Crippen LogP contribution in [-0.4, -0.2) is 10.2 Å². The summed E-state index contributed by atoms with van der Waals surface area (Å²) >= 11 is 0. The fourth-order valence-electron chi connectivity index (χ4n) is 0.572. The molecule has 1 heterocycles. The van der Waals surface area contributed by atoms with Crippen molar-refractivity contribution in [2.45, 2.75) is 6.54 Å². The number of aromatic nitrogens is 2. The number of hydrogen-bond acceptors (Lipinski definition) is 4. The molecule has 0 fully saturated rings. The molecule has 0 saturated heterocycles. The van der Waals surface area contributed by atoms with Crippen molar-refractivity contribution in [1.82, 2.24) is 15.6 Å². The van der Waals surface area contributed by atoms with Gasteiger partial charge in [0.1, 0.15) is 5.82 Å². The summed E-state index contributed by atoms with van der Waals surface area (Å²) < 4.78 is 0. The van der Waals surface area contributed by atoms with Crippen molar-refractivity contribution in [3.8, 4) is 0 Å². The molecule has 0 aliphatic rings. The number of aromatic amines is 1. The van der Waals surface area contributed by atoms with Crippen LogP contribution in [0.1, 0.15) is 5.56 Å². The summed E-state index contributed by atoms with van der Waals surface area (Å²) in [6.07, 6.45) is 1.63. The van der Waals surface area contributed by atoms with Crippen molar-refractivity contribution in [1.29, 1.82) is 0 Å². The van der Waals surface area contributed by atoms with Gasteiger partial charge in [0.05, 0.1) is 6.20 Å². The minimum atomic E-state index is 0.544. The third kappa shape index (κ3) is 1.18. The Balaban J connectivity index is 2.69. The fraction of sp³-hybridized carbons (Fsp3) is 0.250. The van der Waals surface area contributed by atoms with Gasteiger partial charge in [-0.05, 0) is 0 Å². The molecule has 6 N–H and O–H groups in total. The lowest BCUT2D eigenvalue weighted by molar-refractivity contribution is 0.743. The van der Waals surface area contributed by atoms with Gasteiger partial charge in [-0.3, -0.25) is 16.4 Å². The molecule has 50 valence electrons. The van der Waals surface area contributed by atoms with Crippen molar-refractivity contribution >= 4 is 5.82 Å². The highest BCUT2D eigenvalue weighted by Gasteiger charge is 1.96. The summed E-state index contributed by atoms with van der Waals surface area (Å²) in [7, 11) is 0. The molecule has 0 bridgehead atoms. The molecule has 0 aliphatic carbocycles. The van der Waals surface area contributed by atoms with Gasteiger partial charge < -0.3 is 5.73 Å². The van der Waals surface area contributed by atoms with Gasteiger partial charge in [0, 0.05) is 12.1 Å². The summed E-state index contributed by atoms with van der Waals surface area (Å²) in [4.78, 5) is 0. The van der Waals surface area contributed by atoms with E-state index in [1.165, 1.54) is 0 Å². The zero-order valence-corrected chi connectivity index (χ0v) is 4.89. The van der Waals surface area contributed by atoms with E-state index in [9.17, 15) is 0 Å². The first kappa shape index (κ1) is 6.06. The van der Waals surface area contributed by atoms with Gasteiger partial charge in [0.2, 0.25) is 0 Å². The van der Waals surface area contributed by atoms with E-state index in [1.807, 2.05) is 0 Å².